The van der Waals surface area contributed by atoms with E-state index >= 15 is 0 Å². The second-order valence-corrected chi connectivity index (χ2v) is 7.90. The van der Waals surface area contributed by atoms with E-state index < -0.39 is 6.10 Å². The number of benzene rings is 1. The van der Waals surface area contributed by atoms with Gasteiger partial charge in [-0.15, -0.1) is 11.3 Å². The molecular weight excluding hydrogens is 404 g/mol. The first-order chi connectivity index (χ1) is 14.4. The van der Waals surface area contributed by atoms with E-state index in [1.54, 1.807) is 38.5 Å². The number of hydrogen-bond donors (Lipinski definition) is 0. The number of nitriles is 1. The minimum Gasteiger partial charge on any atom is -0.479 e. The SMILES string of the molecule is COCCc1nc(-c2ccc3c(c2)N(CC(=O)N(C)CCC#N)C(=O)C(C)O3)cs1. The van der Waals surface area contributed by atoms with Gasteiger partial charge < -0.3 is 14.4 Å². The van der Waals surface area contributed by atoms with Gasteiger partial charge in [0.25, 0.3) is 5.91 Å². The maximum absolute atomic E-state index is 12.8. The summed E-state index contributed by atoms with van der Waals surface area (Å²) in [6.45, 7) is 2.48. The third-order valence-electron chi connectivity index (χ3n) is 4.81. The van der Waals surface area contributed by atoms with E-state index in [-0.39, 0.29) is 24.8 Å². The van der Waals surface area contributed by atoms with E-state index in [9.17, 15) is 9.59 Å². The summed E-state index contributed by atoms with van der Waals surface area (Å²) in [5, 5.41) is 11.7. The number of carbonyl (C=O) groups is 2. The lowest BCUT2D eigenvalue weighted by atomic mass is 10.1. The molecule has 8 nitrogen and oxygen atoms in total. The molecule has 1 aliphatic rings. The number of thiazole rings is 1. The number of hydrogen-bond acceptors (Lipinski definition) is 7. The molecule has 0 saturated heterocycles. The number of aromatic nitrogens is 1. The fourth-order valence-electron chi connectivity index (χ4n) is 3.08. The molecule has 0 N–H and O–H groups in total. The molecule has 0 radical (unpaired) electrons. The van der Waals surface area contributed by atoms with Crippen molar-refractivity contribution in [1.29, 1.82) is 5.26 Å². The van der Waals surface area contributed by atoms with Gasteiger partial charge in [0.05, 0.1) is 35.5 Å². The number of likely N-dealkylation sites (N-methyl/N-ethyl adjacent to an activating group) is 1. The van der Waals surface area contributed by atoms with Crippen molar-refractivity contribution in [2.75, 3.05) is 38.8 Å². The van der Waals surface area contributed by atoms with E-state index in [2.05, 4.69) is 4.98 Å². The van der Waals surface area contributed by atoms with Gasteiger partial charge >= 0.3 is 0 Å². The minimum atomic E-state index is -0.680. The summed E-state index contributed by atoms with van der Waals surface area (Å²) < 4.78 is 10.8. The number of rotatable bonds is 8. The summed E-state index contributed by atoms with van der Waals surface area (Å²) >= 11 is 1.56. The zero-order chi connectivity index (χ0) is 21.7. The largest absolute Gasteiger partial charge is 0.479 e. The van der Waals surface area contributed by atoms with Crippen molar-refractivity contribution in [3.8, 4) is 23.1 Å². The first kappa shape index (κ1) is 21.7. The van der Waals surface area contributed by atoms with Crippen molar-refractivity contribution in [3.63, 3.8) is 0 Å². The first-order valence-corrected chi connectivity index (χ1v) is 10.5. The van der Waals surface area contributed by atoms with Crippen LogP contribution in [0.5, 0.6) is 5.75 Å². The highest BCUT2D eigenvalue weighted by Gasteiger charge is 2.33. The van der Waals surface area contributed by atoms with Crippen LogP contribution in [0, 0.1) is 11.3 Å². The highest BCUT2D eigenvalue weighted by atomic mass is 32.1. The summed E-state index contributed by atoms with van der Waals surface area (Å²) in [6.07, 6.45) is 0.299. The molecule has 0 saturated carbocycles. The van der Waals surface area contributed by atoms with Crippen LogP contribution >= 0.6 is 11.3 Å². The van der Waals surface area contributed by atoms with Crippen LogP contribution in [0.3, 0.4) is 0 Å². The molecule has 158 valence electrons. The Morgan fingerprint density at radius 1 is 1.47 bits per heavy atom. The van der Waals surface area contributed by atoms with E-state index in [0.717, 1.165) is 22.7 Å². The van der Waals surface area contributed by atoms with Gasteiger partial charge in [-0.1, -0.05) is 0 Å². The predicted molar refractivity (Wildman–Crippen MR) is 113 cm³/mol. The quantitative estimate of drug-likeness (QED) is 0.641. The lowest BCUT2D eigenvalue weighted by molar-refractivity contribution is -0.132. The molecular formula is C21H24N4O4S. The highest BCUT2D eigenvalue weighted by molar-refractivity contribution is 7.09. The molecule has 0 aliphatic carbocycles. The number of carbonyl (C=O) groups excluding carboxylic acids is 2. The maximum atomic E-state index is 12.8. The molecule has 1 aromatic heterocycles. The molecule has 2 heterocycles. The third-order valence-corrected chi connectivity index (χ3v) is 5.72. The lowest BCUT2D eigenvalue weighted by Crippen LogP contribution is -2.49. The summed E-state index contributed by atoms with van der Waals surface area (Å²) in [7, 11) is 3.28. The van der Waals surface area contributed by atoms with Gasteiger partial charge in [-0.3, -0.25) is 14.5 Å². The summed E-state index contributed by atoms with van der Waals surface area (Å²) in [4.78, 5) is 32.9. The zero-order valence-corrected chi connectivity index (χ0v) is 18.1. The molecule has 0 bridgehead atoms. The molecule has 3 rings (SSSR count). The molecule has 2 amide bonds. The number of amides is 2. The van der Waals surface area contributed by atoms with Crippen LogP contribution in [0.25, 0.3) is 11.3 Å². The fraction of sp³-hybridized carbons (Fsp3) is 0.429. The zero-order valence-electron chi connectivity index (χ0n) is 17.3. The second-order valence-electron chi connectivity index (χ2n) is 6.96. The average molecular weight is 429 g/mol. The Hall–Kier alpha value is -2.96. The number of anilines is 1. The van der Waals surface area contributed by atoms with E-state index in [0.29, 0.717) is 24.6 Å². The highest BCUT2D eigenvalue weighted by Crippen LogP contribution is 2.37. The van der Waals surface area contributed by atoms with Gasteiger partial charge in [0.1, 0.15) is 12.3 Å². The Morgan fingerprint density at radius 3 is 3.00 bits per heavy atom. The Balaban J connectivity index is 1.87. The first-order valence-electron chi connectivity index (χ1n) is 9.61. The number of fused-ring (bicyclic) bond motifs is 1. The minimum absolute atomic E-state index is 0.110. The Kier molecular flexibility index (Phi) is 7.03. The maximum Gasteiger partial charge on any atom is 0.268 e. The van der Waals surface area contributed by atoms with Crippen LogP contribution in [0.2, 0.25) is 0 Å². The number of nitrogens with zero attached hydrogens (tertiary/aromatic N) is 4. The Labute approximate surface area is 179 Å². The van der Waals surface area contributed by atoms with E-state index in [1.807, 2.05) is 23.6 Å². The number of ether oxygens (including phenoxy) is 2. The molecule has 1 atom stereocenters. The normalized spacial score (nSPS) is 15.3. The van der Waals surface area contributed by atoms with E-state index in [4.69, 9.17) is 14.7 Å². The van der Waals surface area contributed by atoms with Gasteiger partial charge in [-0.25, -0.2) is 4.98 Å². The van der Waals surface area contributed by atoms with Crippen molar-refractivity contribution >= 4 is 28.8 Å². The van der Waals surface area contributed by atoms with Crippen LogP contribution in [0.4, 0.5) is 5.69 Å². The third kappa shape index (κ3) is 4.78. The molecule has 1 aromatic carbocycles. The van der Waals surface area contributed by atoms with Crippen molar-refractivity contribution < 1.29 is 19.1 Å². The van der Waals surface area contributed by atoms with Crippen LogP contribution in [0.15, 0.2) is 23.6 Å². The Morgan fingerprint density at radius 2 is 2.27 bits per heavy atom. The van der Waals surface area contributed by atoms with Crippen LogP contribution in [-0.4, -0.2) is 61.7 Å². The summed E-state index contributed by atoms with van der Waals surface area (Å²) in [5.41, 5.74) is 2.19. The topological polar surface area (TPSA) is 95.8 Å². The molecule has 0 fully saturated rings. The molecule has 2 aromatic rings. The molecule has 9 heteroatoms. The predicted octanol–water partition coefficient (Wildman–Crippen LogP) is 2.48. The van der Waals surface area contributed by atoms with Gasteiger partial charge in [0.2, 0.25) is 5.91 Å². The Bertz CT molecular complexity index is 968. The van der Waals surface area contributed by atoms with E-state index in [1.165, 1.54) is 9.80 Å². The summed E-state index contributed by atoms with van der Waals surface area (Å²) in [5.74, 6) is 0.0356. The van der Waals surface area contributed by atoms with Gasteiger partial charge in [0, 0.05) is 38.1 Å². The molecule has 30 heavy (non-hydrogen) atoms. The van der Waals surface area contributed by atoms with Crippen molar-refractivity contribution in [2.24, 2.45) is 0 Å². The smallest absolute Gasteiger partial charge is 0.268 e. The van der Waals surface area contributed by atoms with Gasteiger partial charge in [-0.2, -0.15) is 5.26 Å². The summed E-state index contributed by atoms with van der Waals surface area (Å²) in [6, 6.07) is 7.55. The van der Waals surface area contributed by atoms with Crippen molar-refractivity contribution in [2.45, 2.75) is 25.9 Å². The van der Waals surface area contributed by atoms with Gasteiger partial charge in [-0.05, 0) is 25.1 Å². The van der Waals surface area contributed by atoms with Crippen LogP contribution in [-0.2, 0) is 20.7 Å². The monoisotopic (exact) mass is 428 g/mol. The van der Waals surface area contributed by atoms with Gasteiger partial charge in [0.15, 0.2) is 6.10 Å². The molecule has 0 spiro atoms. The fourth-order valence-corrected chi connectivity index (χ4v) is 3.86. The van der Waals surface area contributed by atoms with Crippen LogP contribution in [0.1, 0.15) is 18.4 Å². The van der Waals surface area contributed by atoms with Crippen LogP contribution < -0.4 is 9.64 Å². The molecule has 1 unspecified atom stereocenters. The molecule has 1 aliphatic heterocycles. The standard InChI is InChI=1S/C21H24N4O4S/c1-14-21(27)25(12-20(26)24(2)9-4-8-22)17-11-15(5-6-18(17)29-14)16-13-30-19(23-16)7-10-28-3/h5-6,11,13-14H,4,7,9-10,12H2,1-3H3. The lowest BCUT2D eigenvalue weighted by Gasteiger charge is -2.33. The van der Waals surface area contributed by atoms with Crippen molar-refractivity contribution in [3.05, 3.63) is 28.6 Å². The second kappa shape index (κ2) is 9.69. The average Bonchev–Trinajstić information content (AvgIpc) is 3.22. The number of methoxy groups -OCH3 is 1. The van der Waals surface area contributed by atoms with Crippen molar-refractivity contribution in [1.82, 2.24) is 9.88 Å².